The molecule has 0 unspecified atom stereocenters. The molecule has 2 rings (SSSR count). The molecule has 2 aromatic rings. The highest BCUT2D eigenvalue weighted by atomic mass is 79.9. The van der Waals surface area contributed by atoms with Crippen molar-refractivity contribution in [1.29, 1.82) is 0 Å². The van der Waals surface area contributed by atoms with Crippen LogP contribution in [0.25, 0.3) is 0 Å². The van der Waals surface area contributed by atoms with E-state index < -0.39 is 21.8 Å². The number of rotatable bonds is 4. The van der Waals surface area contributed by atoms with Crippen LogP contribution in [-0.4, -0.2) is 19.5 Å². The summed E-state index contributed by atoms with van der Waals surface area (Å²) in [6.07, 6.45) is 0. The molecular formula is C12H9BrFNO4S2. The minimum absolute atomic E-state index is 0.0318. The Morgan fingerprint density at radius 1 is 1.38 bits per heavy atom. The molecule has 0 aliphatic carbocycles. The van der Waals surface area contributed by atoms with E-state index in [-0.39, 0.29) is 19.2 Å². The summed E-state index contributed by atoms with van der Waals surface area (Å²) in [5.41, 5.74) is 0.541. The van der Waals surface area contributed by atoms with E-state index >= 15 is 0 Å². The Morgan fingerprint density at radius 2 is 2.05 bits per heavy atom. The van der Waals surface area contributed by atoms with Gasteiger partial charge in [-0.3, -0.25) is 4.72 Å². The Kier molecular flexibility index (Phi) is 4.35. The van der Waals surface area contributed by atoms with Crippen LogP contribution in [0.15, 0.2) is 32.9 Å². The fourth-order valence-corrected chi connectivity index (χ4v) is 4.37. The first-order valence-corrected chi connectivity index (χ1v) is 8.61. The first-order valence-electron chi connectivity index (χ1n) is 5.52. The van der Waals surface area contributed by atoms with Crippen molar-refractivity contribution in [3.05, 3.63) is 45.0 Å². The summed E-state index contributed by atoms with van der Waals surface area (Å²) >= 11 is 3.63. The molecule has 1 aromatic heterocycles. The molecule has 0 amide bonds. The summed E-state index contributed by atoms with van der Waals surface area (Å²) in [5.74, 6) is -1.69. The van der Waals surface area contributed by atoms with Crippen LogP contribution >= 0.6 is 27.3 Å². The molecule has 5 nitrogen and oxygen atoms in total. The number of aromatic carboxylic acids is 1. The fourth-order valence-electron chi connectivity index (χ4n) is 1.56. The van der Waals surface area contributed by atoms with Gasteiger partial charge in [0.15, 0.2) is 0 Å². The third kappa shape index (κ3) is 3.42. The van der Waals surface area contributed by atoms with Gasteiger partial charge in [0.05, 0.1) is 10.2 Å². The fraction of sp³-hybridized carbons (Fsp3) is 0.0833. The zero-order valence-electron chi connectivity index (χ0n) is 10.6. The van der Waals surface area contributed by atoms with E-state index in [4.69, 9.17) is 5.11 Å². The van der Waals surface area contributed by atoms with Crippen molar-refractivity contribution in [2.24, 2.45) is 0 Å². The number of carboxylic acid groups (broad SMARTS) is 1. The Labute approximate surface area is 132 Å². The minimum atomic E-state index is -3.92. The number of halogens is 2. The van der Waals surface area contributed by atoms with Gasteiger partial charge in [-0.15, -0.1) is 11.3 Å². The number of hydrogen-bond acceptors (Lipinski definition) is 4. The van der Waals surface area contributed by atoms with Crippen molar-refractivity contribution < 1.29 is 22.7 Å². The van der Waals surface area contributed by atoms with Crippen LogP contribution in [0.1, 0.15) is 15.2 Å². The summed E-state index contributed by atoms with van der Waals surface area (Å²) in [6, 6.07) is 4.96. The number of benzene rings is 1. The molecule has 1 aromatic carbocycles. The van der Waals surface area contributed by atoms with Crippen molar-refractivity contribution in [2.45, 2.75) is 11.1 Å². The average Bonchev–Trinajstić information content (AvgIpc) is 2.77. The molecule has 21 heavy (non-hydrogen) atoms. The maximum atomic E-state index is 13.1. The standard InChI is InChI=1S/C12H9BrFNO4S2/c1-6-4-10(20-11(6)12(16)17)21(18,19)15-7-2-3-9(14)8(13)5-7/h2-5,15H,1H3,(H,16,17). The lowest BCUT2D eigenvalue weighted by Gasteiger charge is -2.06. The number of thiophene rings is 1. The predicted octanol–water partition coefficient (Wildman–Crippen LogP) is 3.46. The molecule has 2 N–H and O–H groups in total. The zero-order valence-corrected chi connectivity index (χ0v) is 13.8. The maximum Gasteiger partial charge on any atom is 0.346 e. The van der Waals surface area contributed by atoms with Gasteiger partial charge in [-0.2, -0.15) is 0 Å². The molecule has 0 fully saturated rings. The van der Waals surface area contributed by atoms with Gasteiger partial charge in [0, 0.05) is 0 Å². The largest absolute Gasteiger partial charge is 0.477 e. The Bertz CT molecular complexity index is 817. The van der Waals surface area contributed by atoms with Crippen LogP contribution in [0.2, 0.25) is 0 Å². The van der Waals surface area contributed by atoms with E-state index in [9.17, 15) is 17.6 Å². The average molecular weight is 394 g/mol. The Morgan fingerprint density at radius 3 is 2.57 bits per heavy atom. The van der Waals surface area contributed by atoms with E-state index in [1.54, 1.807) is 0 Å². The molecule has 112 valence electrons. The number of carbonyl (C=O) groups is 1. The van der Waals surface area contributed by atoms with Crippen LogP contribution in [-0.2, 0) is 10.0 Å². The molecule has 0 saturated heterocycles. The molecule has 9 heteroatoms. The molecule has 0 saturated carbocycles. The lowest BCUT2D eigenvalue weighted by atomic mass is 10.3. The highest BCUT2D eigenvalue weighted by molar-refractivity contribution is 9.10. The second-order valence-electron chi connectivity index (χ2n) is 4.12. The van der Waals surface area contributed by atoms with E-state index in [0.29, 0.717) is 16.9 Å². The summed E-state index contributed by atoms with van der Waals surface area (Å²) in [4.78, 5) is 10.9. The molecule has 0 radical (unpaired) electrons. The van der Waals surface area contributed by atoms with Crippen molar-refractivity contribution in [1.82, 2.24) is 0 Å². The third-order valence-electron chi connectivity index (χ3n) is 2.53. The lowest BCUT2D eigenvalue weighted by Crippen LogP contribution is -2.11. The van der Waals surface area contributed by atoms with Gasteiger partial charge in [-0.1, -0.05) is 0 Å². The summed E-state index contributed by atoms with van der Waals surface area (Å²) < 4.78 is 39.8. The van der Waals surface area contributed by atoms with E-state index in [1.165, 1.54) is 25.1 Å². The van der Waals surface area contributed by atoms with Crippen molar-refractivity contribution in [3.8, 4) is 0 Å². The van der Waals surface area contributed by atoms with Crippen LogP contribution < -0.4 is 4.72 Å². The van der Waals surface area contributed by atoms with Crippen LogP contribution in [0.5, 0.6) is 0 Å². The van der Waals surface area contributed by atoms with E-state index in [1.807, 2.05) is 0 Å². The molecule has 0 bridgehead atoms. The molecule has 0 atom stereocenters. The quantitative estimate of drug-likeness (QED) is 0.832. The number of sulfonamides is 1. The van der Waals surface area contributed by atoms with Crippen LogP contribution in [0, 0.1) is 12.7 Å². The Balaban J connectivity index is 2.36. The SMILES string of the molecule is Cc1cc(S(=O)(=O)Nc2ccc(F)c(Br)c2)sc1C(=O)O. The highest BCUT2D eigenvalue weighted by Crippen LogP contribution is 2.28. The van der Waals surface area contributed by atoms with Crippen molar-refractivity contribution in [3.63, 3.8) is 0 Å². The topological polar surface area (TPSA) is 83.5 Å². The first-order chi connectivity index (χ1) is 9.70. The highest BCUT2D eigenvalue weighted by Gasteiger charge is 2.22. The molecular weight excluding hydrogens is 385 g/mol. The summed E-state index contributed by atoms with van der Waals surface area (Å²) in [6.45, 7) is 1.52. The lowest BCUT2D eigenvalue weighted by molar-refractivity contribution is 0.0701. The van der Waals surface area contributed by atoms with E-state index in [0.717, 1.165) is 6.07 Å². The second kappa shape index (κ2) is 5.74. The molecule has 0 aliphatic rings. The number of anilines is 1. The van der Waals surface area contributed by atoms with Gasteiger partial charge in [0.25, 0.3) is 10.0 Å². The Hall–Kier alpha value is -1.45. The van der Waals surface area contributed by atoms with Crippen molar-refractivity contribution in [2.75, 3.05) is 4.72 Å². The molecule has 0 spiro atoms. The van der Waals surface area contributed by atoms with Gasteiger partial charge < -0.3 is 5.11 Å². The number of carboxylic acids is 1. The summed E-state index contributed by atoms with van der Waals surface area (Å²) in [7, 11) is -3.92. The minimum Gasteiger partial charge on any atom is -0.477 e. The molecule has 1 heterocycles. The van der Waals surface area contributed by atoms with Gasteiger partial charge in [-0.05, 0) is 52.7 Å². The smallest absolute Gasteiger partial charge is 0.346 e. The first kappa shape index (κ1) is 15.9. The third-order valence-corrected chi connectivity index (χ3v) is 6.21. The number of nitrogens with one attached hydrogen (secondary N) is 1. The van der Waals surface area contributed by atoms with Crippen LogP contribution in [0.4, 0.5) is 10.1 Å². The van der Waals surface area contributed by atoms with Gasteiger partial charge in [-0.25, -0.2) is 17.6 Å². The van der Waals surface area contributed by atoms with Gasteiger partial charge >= 0.3 is 5.97 Å². The van der Waals surface area contributed by atoms with Gasteiger partial charge in [0.1, 0.15) is 14.9 Å². The normalized spacial score (nSPS) is 11.4. The number of hydrogen-bond donors (Lipinski definition) is 2. The number of aryl methyl sites for hydroxylation is 1. The second-order valence-corrected chi connectivity index (χ2v) is 7.93. The molecule has 0 aliphatic heterocycles. The predicted molar refractivity (Wildman–Crippen MR) is 80.9 cm³/mol. The zero-order chi connectivity index (χ0) is 15.8. The van der Waals surface area contributed by atoms with Gasteiger partial charge in [0.2, 0.25) is 0 Å². The maximum absolute atomic E-state index is 13.1. The monoisotopic (exact) mass is 393 g/mol. The van der Waals surface area contributed by atoms with Crippen molar-refractivity contribution >= 4 is 48.9 Å². The summed E-state index contributed by atoms with van der Waals surface area (Å²) in [5, 5.41) is 8.95. The van der Waals surface area contributed by atoms with E-state index in [2.05, 4.69) is 20.7 Å². The van der Waals surface area contributed by atoms with Crippen LogP contribution in [0.3, 0.4) is 0 Å².